The van der Waals surface area contributed by atoms with Gasteiger partial charge in [0.25, 0.3) is 0 Å². The van der Waals surface area contributed by atoms with Crippen LogP contribution in [0.5, 0.6) is 0 Å². The summed E-state index contributed by atoms with van der Waals surface area (Å²) in [6.07, 6.45) is -0.325. The van der Waals surface area contributed by atoms with Crippen LogP contribution in [0.1, 0.15) is 38.7 Å². The Kier molecular flexibility index (Phi) is 10.4. The monoisotopic (exact) mass is 513 g/mol. The van der Waals surface area contributed by atoms with Crippen LogP contribution in [0, 0.1) is 11.7 Å². The molecule has 2 saturated heterocycles. The summed E-state index contributed by atoms with van der Waals surface area (Å²) in [5.74, 6) is -0.00499. The molecular weight excluding hydrogens is 473 g/mol. The van der Waals surface area contributed by atoms with Gasteiger partial charge in [-0.15, -0.1) is 11.8 Å². The third kappa shape index (κ3) is 6.94. The lowest BCUT2D eigenvalue weighted by molar-refractivity contribution is -0.207. The molecule has 2 unspecified atom stereocenters. The second-order valence-electron chi connectivity index (χ2n) is 9.85. The van der Waals surface area contributed by atoms with Crippen molar-refractivity contribution in [2.45, 2.75) is 87.6 Å². The van der Waals surface area contributed by atoms with Gasteiger partial charge in [0.15, 0.2) is 0 Å². The van der Waals surface area contributed by atoms with Crippen molar-refractivity contribution in [3.63, 3.8) is 0 Å². The average Bonchev–Trinajstić information content (AvgIpc) is 3.21. The standard InChI is InChI=1S/C25H40FN3O5S/c1-5-6-16-11-18(29(3)13-16)24(33)28-19(14(2)27-12-15-7-9-17(26)10-8-15)23-21(31)20(30)22(32)25(34-23)35-4/h7-10,14,16,18-23,25,27,30-32H,5-6,11-13H2,1-4H3,(H,28,33)/t14-,16+,18-,19+,20+,21?,22+,23+,25?/m0/s1. The number of nitrogens with zero attached hydrogens (tertiary/aromatic N) is 1. The van der Waals surface area contributed by atoms with Crippen LogP contribution in [0.2, 0.25) is 0 Å². The van der Waals surface area contributed by atoms with E-state index in [4.69, 9.17) is 4.74 Å². The first-order chi connectivity index (χ1) is 16.7. The molecule has 0 spiro atoms. The van der Waals surface area contributed by atoms with Crippen molar-refractivity contribution >= 4 is 17.7 Å². The van der Waals surface area contributed by atoms with Crippen molar-refractivity contribution in [1.29, 1.82) is 0 Å². The summed E-state index contributed by atoms with van der Waals surface area (Å²) in [6, 6.07) is 4.79. The Hall–Kier alpha value is -1.27. The average molecular weight is 514 g/mol. The number of thioether (sulfide) groups is 1. The number of hydrogen-bond donors (Lipinski definition) is 5. The van der Waals surface area contributed by atoms with Crippen LogP contribution in [0.25, 0.3) is 0 Å². The molecule has 198 valence electrons. The number of ether oxygens (including phenoxy) is 1. The van der Waals surface area contributed by atoms with E-state index in [-0.39, 0.29) is 23.8 Å². The number of aliphatic hydroxyl groups excluding tert-OH is 3. The van der Waals surface area contributed by atoms with Crippen LogP contribution in [-0.2, 0) is 16.1 Å². The lowest BCUT2D eigenvalue weighted by atomic mass is 9.90. The Labute approximate surface area is 211 Å². The number of rotatable bonds is 10. The zero-order valence-corrected chi connectivity index (χ0v) is 21.7. The van der Waals surface area contributed by atoms with Crippen LogP contribution in [-0.4, -0.2) is 94.0 Å². The van der Waals surface area contributed by atoms with Gasteiger partial charge in [0.2, 0.25) is 5.91 Å². The zero-order chi connectivity index (χ0) is 25.7. The van der Waals surface area contributed by atoms with Crippen LogP contribution in [0.4, 0.5) is 4.39 Å². The van der Waals surface area contributed by atoms with E-state index >= 15 is 0 Å². The maximum absolute atomic E-state index is 13.4. The van der Waals surface area contributed by atoms with E-state index in [0.717, 1.165) is 31.4 Å². The molecule has 0 radical (unpaired) electrons. The summed E-state index contributed by atoms with van der Waals surface area (Å²) in [5.41, 5.74) is 0.119. The molecule has 1 aromatic rings. The van der Waals surface area contributed by atoms with Crippen LogP contribution >= 0.6 is 11.8 Å². The number of carbonyl (C=O) groups excluding carboxylic acids is 1. The Morgan fingerprint density at radius 2 is 1.91 bits per heavy atom. The minimum atomic E-state index is -1.40. The lowest BCUT2D eigenvalue weighted by Crippen LogP contribution is -2.67. The SMILES string of the molecule is CCC[C@@H]1C[C@@H](C(=O)N[C@H]([C@H](C)NCc2ccc(F)cc2)[C@H]2OC(SC)[C@H](O)[C@H](O)C2O)N(C)C1. The fourth-order valence-corrected chi connectivity index (χ4v) is 5.83. The van der Waals surface area contributed by atoms with Crippen LogP contribution in [0.3, 0.4) is 0 Å². The maximum atomic E-state index is 13.4. The highest BCUT2D eigenvalue weighted by atomic mass is 32.2. The van der Waals surface area contributed by atoms with Gasteiger partial charge in [0, 0.05) is 19.1 Å². The summed E-state index contributed by atoms with van der Waals surface area (Å²) >= 11 is 1.23. The van der Waals surface area contributed by atoms with Crippen molar-refractivity contribution < 1.29 is 29.2 Å². The van der Waals surface area contributed by atoms with E-state index in [1.165, 1.54) is 23.9 Å². The lowest BCUT2D eigenvalue weighted by Gasteiger charge is -2.45. The second-order valence-corrected chi connectivity index (χ2v) is 10.8. The van der Waals surface area contributed by atoms with E-state index in [1.807, 2.05) is 14.0 Å². The van der Waals surface area contributed by atoms with Crippen molar-refractivity contribution in [2.24, 2.45) is 5.92 Å². The highest BCUT2D eigenvalue weighted by molar-refractivity contribution is 7.99. The quantitative estimate of drug-likeness (QED) is 0.316. The molecule has 2 aliphatic rings. The van der Waals surface area contributed by atoms with Crippen molar-refractivity contribution in [2.75, 3.05) is 19.8 Å². The molecule has 0 aromatic heterocycles. The number of hydrogen-bond acceptors (Lipinski definition) is 8. The highest BCUT2D eigenvalue weighted by Gasteiger charge is 2.48. The number of carbonyl (C=O) groups is 1. The number of aliphatic hydroxyl groups is 3. The van der Waals surface area contributed by atoms with Gasteiger partial charge < -0.3 is 30.7 Å². The highest BCUT2D eigenvalue weighted by Crippen LogP contribution is 2.30. The molecule has 0 saturated carbocycles. The fourth-order valence-electron chi connectivity index (χ4n) is 5.15. The number of benzene rings is 1. The smallest absolute Gasteiger partial charge is 0.237 e. The molecule has 8 nitrogen and oxygen atoms in total. The Morgan fingerprint density at radius 1 is 1.23 bits per heavy atom. The first-order valence-electron chi connectivity index (χ1n) is 12.4. The number of nitrogens with one attached hydrogen (secondary N) is 2. The molecule has 2 heterocycles. The van der Waals surface area contributed by atoms with Gasteiger partial charge in [-0.3, -0.25) is 9.69 Å². The molecule has 2 aliphatic heterocycles. The van der Waals surface area contributed by atoms with Gasteiger partial charge in [0.05, 0.1) is 12.1 Å². The predicted molar refractivity (Wildman–Crippen MR) is 134 cm³/mol. The maximum Gasteiger partial charge on any atom is 0.237 e. The Morgan fingerprint density at radius 3 is 2.54 bits per heavy atom. The minimum Gasteiger partial charge on any atom is -0.388 e. The van der Waals surface area contributed by atoms with Gasteiger partial charge in [-0.25, -0.2) is 4.39 Å². The van der Waals surface area contributed by atoms with E-state index < -0.39 is 35.9 Å². The molecule has 1 aromatic carbocycles. The van der Waals surface area contributed by atoms with E-state index in [0.29, 0.717) is 12.5 Å². The van der Waals surface area contributed by atoms with E-state index in [2.05, 4.69) is 22.5 Å². The summed E-state index contributed by atoms with van der Waals surface area (Å²) < 4.78 is 19.3. The van der Waals surface area contributed by atoms with Crippen molar-refractivity contribution in [3.05, 3.63) is 35.6 Å². The summed E-state index contributed by atoms with van der Waals surface area (Å²) in [6.45, 7) is 5.28. The normalized spacial score (nSPS) is 33.4. The summed E-state index contributed by atoms with van der Waals surface area (Å²) in [7, 11) is 1.95. The van der Waals surface area contributed by atoms with Crippen LogP contribution in [0.15, 0.2) is 24.3 Å². The predicted octanol–water partition coefficient (Wildman–Crippen LogP) is 1.08. The topological polar surface area (TPSA) is 114 Å². The van der Waals surface area contributed by atoms with E-state index in [1.54, 1.807) is 18.4 Å². The number of likely N-dealkylation sites (N-methyl/N-ethyl adjacent to an activating group) is 1. The minimum absolute atomic E-state index is 0.149. The summed E-state index contributed by atoms with van der Waals surface area (Å²) in [4.78, 5) is 15.5. The first-order valence-corrected chi connectivity index (χ1v) is 13.7. The second kappa shape index (κ2) is 12.8. The van der Waals surface area contributed by atoms with Gasteiger partial charge >= 0.3 is 0 Å². The Balaban J connectivity index is 1.77. The molecular formula is C25H40FN3O5S. The van der Waals surface area contributed by atoms with Crippen molar-refractivity contribution in [1.82, 2.24) is 15.5 Å². The molecule has 2 fully saturated rings. The molecule has 0 aliphatic carbocycles. The third-order valence-electron chi connectivity index (χ3n) is 7.22. The Bertz CT molecular complexity index is 817. The zero-order valence-electron chi connectivity index (χ0n) is 20.9. The number of amides is 1. The number of halogens is 1. The van der Waals surface area contributed by atoms with Gasteiger partial charge in [-0.1, -0.05) is 25.5 Å². The molecule has 3 rings (SSSR count). The van der Waals surface area contributed by atoms with Crippen molar-refractivity contribution in [3.8, 4) is 0 Å². The van der Waals surface area contributed by atoms with Gasteiger partial charge in [-0.05, 0) is 56.7 Å². The molecule has 10 heteroatoms. The molecule has 1 amide bonds. The van der Waals surface area contributed by atoms with Gasteiger partial charge in [0.1, 0.15) is 35.7 Å². The molecule has 35 heavy (non-hydrogen) atoms. The first kappa shape index (κ1) is 28.3. The molecule has 0 bridgehead atoms. The fraction of sp³-hybridized carbons (Fsp3) is 0.720. The summed E-state index contributed by atoms with van der Waals surface area (Å²) in [5, 5.41) is 38.0. The van der Waals surface area contributed by atoms with Gasteiger partial charge in [-0.2, -0.15) is 0 Å². The molecule has 9 atom stereocenters. The van der Waals surface area contributed by atoms with Crippen LogP contribution < -0.4 is 10.6 Å². The van der Waals surface area contributed by atoms with E-state index in [9.17, 15) is 24.5 Å². The largest absolute Gasteiger partial charge is 0.388 e. The third-order valence-corrected chi connectivity index (χ3v) is 8.07. The number of likely N-dealkylation sites (tertiary alicyclic amines) is 1. The molecule has 5 N–H and O–H groups in total.